The molecule has 1 saturated carbocycles. The number of rotatable bonds is 3. The lowest BCUT2D eigenvalue weighted by Crippen LogP contribution is -2.15. The van der Waals surface area contributed by atoms with Crippen molar-refractivity contribution in [3.63, 3.8) is 0 Å². The quantitative estimate of drug-likeness (QED) is 0.587. The van der Waals surface area contributed by atoms with Crippen molar-refractivity contribution in [3.8, 4) is 0 Å². The molecule has 0 bridgehead atoms. The minimum absolute atomic E-state index is 0.303. The average Bonchev–Trinajstić information content (AvgIpc) is 2.17. The van der Waals surface area contributed by atoms with Crippen molar-refractivity contribution in [2.75, 3.05) is 0 Å². The van der Waals surface area contributed by atoms with Crippen LogP contribution in [0.5, 0.6) is 0 Å². The third-order valence-electron chi connectivity index (χ3n) is 3.12. The van der Waals surface area contributed by atoms with Crippen molar-refractivity contribution in [1.29, 1.82) is 0 Å². The van der Waals surface area contributed by atoms with Crippen LogP contribution >= 0.6 is 0 Å². The van der Waals surface area contributed by atoms with Gasteiger partial charge in [-0.2, -0.15) is 0 Å². The van der Waals surface area contributed by atoms with Crippen LogP contribution in [0.1, 0.15) is 59.3 Å². The van der Waals surface area contributed by atoms with Crippen molar-refractivity contribution in [1.82, 2.24) is 0 Å². The Labute approximate surface area is 82.6 Å². The summed E-state index contributed by atoms with van der Waals surface area (Å²) in [4.78, 5) is 4.70. The number of hydrogen-bond donors (Lipinski definition) is 0. The van der Waals surface area contributed by atoms with Gasteiger partial charge >= 0.3 is 0 Å². The standard InChI is InChI=1S/C12H23N/c1-4-12(2,3)10-13-11-8-6-5-7-9-11/h10-11H,4-9H2,1-3H3. The highest BCUT2D eigenvalue weighted by Gasteiger charge is 2.14. The first-order valence-electron chi connectivity index (χ1n) is 5.68. The third kappa shape index (κ3) is 3.93. The molecule has 1 fully saturated rings. The molecule has 0 aromatic carbocycles. The molecule has 0 atom stereocenters. The van der Waals surface area contributed by atoms with Gasteiger partial charge in [0.15, 0.2) is 0 Å². The minimum Gasteiger partial charge on any atom is -0.294 e. The van der Waals surface area contributed by atoms with E-state index in [1.807, 2.05) is 0 Å². The van der Waals surface area contributed by atoms with E-state index in [9.17, 15) is 0 Å². The van der Waals surface area contributed by atoms with Crippen LogP contribution in [-0.4, -0.2) is 12.3 Å². The van der Waals surface area contributed by atoms with Gasteiger partial charge in [-0.25, -0.2) is 0 Å². The Hall–Kier alpha value is -0.330. The third-order valence-corrected chi connectivity index (χ3v) is 3.12. The summed E-state index contributed by atoms with van der Waals surface area (Å²) in [6.45, 7) is 6.76. The first kappa shape index (κ1) is 10.7. The summed E-state index contributed by atoms with van der Waals surface area (Å²) >= 11 is 0. The molecular formula is C12H23N. The number of nitrogens with zero attached hydrogens (tertiary/aromatic N) is 1. The van der Waals surface area contributed by atoms with Crippen LogP contribution in [0.3, 0.4) is 0 Å². The van der Waals surface area contributed by atoms with E-state index >= 15 is 0 Å². The zero-order valence-corrected chi connectivity index (χ0v) is 9.34. The molecule has 76 valence electrons. The number of hydrogen-bond acceptors (Lipinski definition) is 1. The van der Waals surface area contributed by atoms with Crippen LogP contribution in [0, 0.1) is 5.41 Å². The lowest BCUT2D eigenvalue weighted by atomic mass is 9.91. The Bertz CT molecular complexity index is 164. The molecule has 1 aliphatic rings. The van der Waals surface area contributed by atoms with Gasteiger partial charge in [0.05, 0.1) is 0 Å². The summed E-state index contributed by atoms with van der Waals surface area (Å²) in [5.74, 6) is 0. The summed E-state index contributed by atoms with van der Waals surface area (Å²) < 4.78 is 0. The fourth-order valence-electron chi connectivity index (χ4n) is 1.63. The zero-order valence-electron chi connectivity index (χ0n) is 9.34. The van der Waals surface area contributed by atoms with E-state index in [0.717, 1.165) is 0 Å². The second kappa shape index (κ2) is 4.78. The fourth-order valence-corrected chi connectivity index (χ4v) is 1.63. The molecule has 0 saturated heterocycles. The number of aliphatic imine (C=N–C) groups is 1. The van der Waals surface area contributed by atoms with Gasteiger partial charge in [-0.3, -0.25) is 4.99 Å². The summed E-state index contributed by atoms with van der Waals surface area (Å²) in [6, 6.07) is 0.638. The van der Waals surface area contributed by atoms with Crippen LogP contribution in [0.25, 0.3) is 0 Å². The van der Waals surface area contributed by atoms with Gasteiger partial charge in [0.2, 0.25) is 0 Å². The topological polar surface area (TPSA) is 12.4 Å². The van der Waals surface area contributed by atoms with Crippen LogP contribution in [-0.2, 0) is 0 Å². The second-order valence-corrected chi connectivity index (χ2v) is 4.91. The van der Waals surface area contributed by atoms with Crippen LogP contribution in [0.2, 0.25) is 0 Å². The first-order chi connectivity index (χ1) is 6.14. The van der Waals surface area contributed by atoms with Crippen molar-refractivity contribution in [2.24, 2.45) is 10.4 Å². The van der Waals surface area contributed by atoms with E-state index in [2.05, 4.69) is 27.0 Å². The van der Waals surface area contributed by atoms with Crippen molar-refractivity contribution in [3.05, 3.63) is 0 Å². The maximum absolute atomic E-state index is 4.70. The zero-order chi connectivity index (χ0) is 9.73. The lowest BCUT2D eigenvalue weighted by molar-refractivity contribution is 0.436. The van der Waals surface area contributed by atoms with Gasteiger partial charge in [0.1, 0.15) is 0 Å². The minimum atomic E-state index is 0.303. The molecule has 0 amide bonds. The largest absolute Gasteiger partial charge is 0.294 e. The molecule has 0 aromatic rings. The molecule has 13 heavy (non-hydrogen) atoms. The molecule has 0 heterocycles. The second-order valence-electron chi connectivity index (χ2n) is 4.91. The van der Waals surface area contributed by atoms with Gasteiger partial charge < -0.3 is 0 Å². The van der Waals surface area contributed by atoms with E-state index in [4.69, 9.17) is 4.99 Å². The molecule has 1 heteroatoms. The molecule has 0 radical (unpaired) electrons. The molecule has 1 rings (SSSR count). The smallest absolute Gasteiger partial charge is 0.0496 e. The average molecular weight is 181 g/mol. The highest BCUT2D eigenvalue weighted by molar-refractivity contribution is 5.64. The van der Waals surface area contributed by atoms with E-state index in [1.165, 1.54) is 38.5 Å². The predicted octanol–water partition coefficient (Wildman–Crippen LogP) is 3.83. The SMILES string of the molecule is CCC(C)(C)C=NC1CCCCC1. The van der Waals surface area contributed by atoms with Crippen LogP contribution in [0.15, 0.2) is 4.99 Å². The Morgan fingerprint density at radius 1 is 1.23 bits per heavy atom. The Balaban J connectivity index is 2.37. The van der Waals surface area contributed by atoms with Crippen molar-refractivity contribution < 1.29 is 0 Å². The molecular weight excluding hydrogens is 158 g/mol. The van der Waals surface area contributed by atoms with E-state index in [0.29, 0.717) is 11.5 Å². The Morgan fingerprint density at radius 3 is 2.38 bits per heavy atom. The van der Waals surface area contributed by atoms with Gasteiger partial charge in [0.25, 0.3) is 0 Å². The molecule has 1 nitrogen and oxygen atoms in total. The van der Waals surface area contributed by atoms with Gasteiger partial charge in [0, 0.05) is 12.3 Å². The molecule has 0 N–H and O–H groups in total. The van der Waals surface area contributed by atoms with Crippen LogP contribution in [0.4, 0.5) is 0 Å². The Morgan fingerprint density at radius 2 is 1.85 bits per heavy atom. The molecule has 0 spiro atoms. The fraction of sp³-hybridized carbons (Fsp3) is 0.917. The summed E-state index contributed by atoms with van der Waals surface area (Å²) in [5, 5.41) is 0. The first-order valence-corrected chi connectivity index (χ1v) is 5.68. The molecule has 0 aliphatic heterocycles. The van der Waals surface area contributed by atoms with E-state index in [-0.39, 0.29) is 0 Å². The molecule has 0 aromatic heterocycles. The highest BCUT2D eigenvalue weighted by atomic mass is 14.8. The van der Waals surface area contributed by atoms with Gasteiger partial charge in [-0.1, -0.05) is 40.0 Å². The van der Waals surface area contributed by atoms with Crippen molar-refractivity contribution >= 4 is 6.21 Å². The van der Waals surface area contributed by atoms with Gasteiger partial charge in [-0.05, 0) is 24.7 Å². The molecule has 1 aliphatic carbocycles. The summed E-state index contributed by atoms with van der Waals surface area (Å²) in [5.41, 5.74) is 0.303. The lowest BCUT2D eigenvalue weighted by Gasteiger charge is -2.21. The van der Waals surface area contributed by atoms with Crippen molar-refractivity contribution in [2.45, 2.75) is 65.3 Å². The maximum Gasteiger partial charge on any atom is 0.0496 e. The monoisotopic (exact) mass is 181 g/mol. The summed E-state index contributed by atoms with van der Waals surface area (Å²) in [7, 11) is 0. The van der Waals surface area contributed by atoms with E-state index in [1.54, 1.807) is 0 Å². The normalized spacial score (nSPS) is 21.2. The summed E-state index contributed by atoms with van der Waals surface area (Å²) in [6.07, 6.45) is 10.2. The molecule has 0 unspecified atom stereocenters. The maximum atomic E-state index is 4.70. The van der Waals surface area contributed by atoms with E-state index < -0.39 is 0 Å². The van der Waals surface area contributed by atoms with Crippen LogP contribution < -0.4 is 0 Å². The van der Waals surface area contributed by atoms with Gasteiger partial charge in [-0.15, -0.1) is 0 Å². The predicted molar refractivity (Wildman–Crippen MR) is 59.4 cm³/mol. The Kier molecular flexibility index (Phi) is 3.95. The highest BCUT2D eigenvalue weighted by Crippen LogP contribution is 2.22.